The predicted octanol–water partition coefficient (Wildman–Crippen LogP) is 3.79. The smallest absolute Gasteiger partial charge is 0.251 e. The highest BCUT2D eigenvalue weighted by Crippen LogP contribution is 2.25. The molecule has 0 bridgehead atoms. The molecule has 3 aromatic rings. The van der Waals surface area contributed by atoms with E-state index < -0.39 is 0 Å². The second kappa shape index (κ2) is 5.80. The van der Waals surface area contributed by atoms with Gasteiger partial charge in [0, 0.05) is 12.3 Å². The molecule has 0 fully saturated rings. The van der Waals surface area contributed by atoms with Crippen molar-refractivity contribution in [2.24, 2.45) is 0 Å². The number of aromatic nitrogens is 1. The summed E-state index contributed by atoms with van der Waals surface area (Å²) in [5.74, 6) is 0. The lowest BCUT2D eigenvalue weighted by molar-refractivity contribution is 0.649. The summed E-state index contributed by atoms with van der Waals surface area (Å²) in [6.07, 6.45) is 1.88. The Labute approximate surface area is 124 Å². The molecule has 1 heterocycles. The molecule has 0 radical (unpaired) electrons. The molecule has 0 spiro atoms. The van der Waals surface area contributed by atoms with E-state index >= 15 is 0 Å². The Morgan fingerprint density at radius 3 is 1.81 bits per heavy atom. The van der Waals surface area contributed by atoms with Gasteiger partial charge < -0.3 is 4.57 Å². The summed E-state index contributed by atoms with van der Waals surface area (Å²) in [5.41, 5.74) is 3.22. The molecule has 0 aliphatic heterocycles. The van der Waals surface area contributed by atoms with Crippen molar-refractivity contribution in [1.82, 2.24) is 4.57 Å². The van der Waals surface area contributed by atoms with E-state index in [4.69, 9.17) is 0 Å². The molecule has 0 aliphatic rings. The van der Waals surface area contributed by atoms with Crippen LogP contribution in [0.25, 0.3) is 0 Å². The number of benzene rings is 2. The molecule has 21 heavy (non-hydrogen) atoms. The Morgan fingerprint density at radius 2 is 1.33 bits per heavy atom. The van der Waals surface area contributed by atoms with Crippen LogP contribution in [0.2, 0.25) is 0 Å². The van der Waals surface area contributed by atoms with Crippen LogP contribution in [0, 0.1) is 6.92 Å². The normalized spacial score (nSPS) is 10.8. The first-order chi connectivity index (χ1) is 10.3. The van der Waals surface area contributed by atoms with Gasteiger partial charge in [-0.3, -0.25) is 4.79 Å². The Kier molecular flexibility index (Phi) is 3.69. The average molecular weight is 275 g/mol. The van der Waals surface area contributed by atoms with Crippen LogP contribution in [0.5, 0.6) is 0 Å². The van der Waals surface area contributed by atoms with Crippen LogP contribution >= 0.6 is 0 Å². The van der Waals surface area contributed by atoms with Crippen molar-refractivity contribution >= 4 is 0 Å². The van der Waals surface area contributed by atoms with Crippen molar-refractivity contribution in [3.63, 3.8) is 0 Å². The lowest BCUT2D eigenvalue weighted by Gasteiger charge is -2.21. The third-order valence-electron chi connectivity index (χ3n) is 3.61. The summed E-state index contributed by atoms with van der Waals surface area (Å²) in [4.78, 5) is 12.4. The number of rotatable bonds is 3. The zero-order valence-electron chi connectivity index (χ0n) is 11.9. The first-order valence-corrected chi connectivity index (χ1v) is 7.04. The van der Waals surface area contributed by atoms with E-state index in [1.54, 1.807) is 10.6 Å². The Balaban J connectivity index is 2.20. The predicted molar refractivity (Wildman–Crippen MR) is 85.6 cm³/mol. The van der Waals surface area contributed by atoms with Crippen LogP contribution in [0.1, 0.15) is 22.7 Å². The minimum absolute atomic E-state index is 0.0210. The zero-order chi connectivity index (χ0) is 14.7. The van der Waals surface area contributed by atoms with Gasteiger partial charge in [-0.25, -0.2) is 0 Å². The van der Waals surface area contributed by atoms with Gasteiger partial charge in [-0.05, 0) is 29.7 Å². The summed E-state index contributed by atoms with van der Waals surface area (Å²) in [7, 11) is 0. The van der Waals surface area contributed by atoms with Gasteiger partial charge in [-0.15, -0.1) is 0 Å². The van der Waals surface area contributed by atoms with E-state index in [1.165, 1.54) is 0 Å². The van der Waals surface area contributed by atoms with E-state index in [2.05, 4.69) is 24.3 Å². The molecule has 0 unspecified atom stereocenters. The molecule has 0 aliphatic carbocycles. The van der Waals surface area contributed by atoms with E-state index in [0.717, 1.165) is 16.7 Å². The van der Waals surface area contributed by atoms with Crippen LogP contribution in [-0.2, 0) is 0 Å². The molecule has 0 saturated heterocycles. The largest absolute Gasteiger partial charge is 0.304 e. The standard InChI is InChI=1S/C19H17NO/c1-15-12-13-20(18(21)14-15)19(16-8-4-2-5-9-16)17-10-6-3-7-11-17/h2-14,19H,1H3. The van der Waals surface area contributed by atoms with Crippen molar-refractivity contribution in [3.8, 4) is 0 Å². The molecule has 0 atom stereocenters. The maximum absolute atomic E-state index is 12.4. The minimum atomic E-state index is -0.0968. The first kappa shape index (κ1) is 13.4. The van der Waals surface area contributed by atoms with Crippen molar-refractivity contribution < 1.29 is 0 Å². The van der Waals surface area contributed by atoms with Gasteiger partial charge in [0.15, 0.2) is 0 Å². The maximum Gasteiger partial charge on any atom is 0.251 e. The van der Waals surface area contributed by atoms with Crippen LogP contribution in [0.4, 0.5) is 0 Å². The summed E-state index contributed by atoms with van der Waals surface area (Å²) in [6, 6.07) is 23.8. The van der Waals surface area contributed by atoms with Crippen molar-refractivity contribution in [2.45, 2.75) is 13.0 Å². The molecule has 0 amide bonds. The van der Waals surface area contributed by atoms with Gasteiger partial charge in [0.25, 0.3) is 5.56 Å². The minimum Gasteiger partial charge on any atom is -0.304 e. The summed E-state index contributed by atoms with van der Waals surface area (Å²) in [5, 5.41) is 0. The van der Waals surface area contributed by atoms with Gasteiger partial charge in [0.1, 0.15) is 0 Å². The molecule has 2 aromatic carbocycles. The van der Waals surface area contributed by atoms with Crippen LogP contribution < -0.4 is 5.56 Å². The van der Waals surface area contributed by atoms with Crippen LogP contribution in [0.15, 0.2) is 83.8 Å². The second-order valence-electron chi connectivity index (χ2n) is 5.17. The first-order valence-electron chi connectivity index (χ1n) is 7.04. The number of hydrogen-bond acceptors (Lipinski definition) is 1. The lowest BCUT2D eigenvalue weighted by Crippen LogP contribution is -2.25. The van der Waals surface area contributed by atoms with Gasteiger partial charge in [0.05, 0.1) is 6.04 Å². The van der Waals surface area contributed by atoms with Gasteiger partial charge in [-0.1, -0.05) is 60.7 Å². The highest BCUT2D eigenvalue weighted by molar-refractivity contribution is 5.33. The zero-order valence-corrected chi connectivity index (χ0v) is 11.9. The van der Waals surface area contributed by atoms with E-state index in [-0.39, 0.29) is 11.6 Å². The molecule has 2 heteroatoms. The van der Waals surface area contributed by atoms with Crippen molar-refractivity contribution in [1.29, 1.82) is 0 Å². The monoisotopic (exact) mass is 275 g/mol. The van der Waals surface area contributed by atoms with Crippen LogP contribution in [0.3, 0.4) is 0 Å². The third-order valence-corrected chi connectivity index (χ3v) is 3.61. The highest BCUT2D eigenvalue weighted by atomic mass is 16.1. The quantitative estimate of drug-likeness (QED) is 0.712. The molecular weight excluding hydrogens is 258 g/mol. The van der Waals surface area contributed by atoms with E-state index in [1.807, 2.05) is 55.6 Å². The molecule has 0 N–H and O–H groups in total. The van der Waals surface area contributed by atoms with E-state index in [0.29, 0.717) is 0 Å². The SMILES string of the molecule is Cc1ccn(C(c2ccccc2)c2ccccc2)c(=O)c1. The number of pyridine rings is 1. The molecular formula is C19H17NO. The Hall–Kier alpha value is -2.61. The molecule has 0 saturated carbocycles. The van der Waals surface area contributed by atoms with Crippen molar-refractivity contribution in [3.05, 3.63) is 106 Å². The van der Waals surface area contributed by atoms with Crippen molar-refractivity contribution in [2.75, 3.05) is 0 Å². The average Bonchev–Trinajstić information content (AvgIpc) is 2.52. The fourth-order valence-electron chi connectivity index (χ4n) is 2.59. The topological polar surface area (TPSA) is 22.0 Å². The highest BCUT2D eigenvalue weighted by Gasteiger charge is 2.16. The third kappa shape index (κ3) is 2.79. The lowest BCUT2D eigenvalue weighted by atomic mass is 9.98. The molecule has 3 rings (SSSR count). The summed E-state index contributed by atoms with van der Waals surface area (Å²) in [6.45, 7) is 1.94. The summed E-state index contributed by atoms with van der Waals surface area (Å²) < 4.78 is 1.79. The fraction of sp³-hybridized carbons (Fsp3) is 0.105. The van der Waals surface area contributed by atoms with Gasteiger partial charge in [0.2, 0.25) is 0 Å². The summed E-state index contributed by atoms with van der Waals surface area (Å²) >= 11 is 0. The van der Waals surface area contributed by atoms with Crippen LogP contribution in [-0.4, -0.2) is 4.57 Å². The van der Waals surface area contributed by atoms with Gasteiger partial charge in [-0.2, -0.15) is 0 Å². The Bertz CT molecular complexity index is 736. The van der Waals surface area contributed by atoms with E-state index in [9.17, 15) is 4.79 Å². The Morgan fingerprint density at radius 1 is 0.810 bits per heavy atom. The number of hydrogen-bond donors (Lipinski definition) is 0. The number of aryl methyl sites for hydroxylation is 1. The second-order valence-corrected chi connectivity index (χ2v) is 5.17. The van der Waals surface area contributed by atoms with Gasteiger partial charge >= 0.3 is 0 Å². The fourth-order valence-corrected chi connectivity index (χ4v) is 2.59. The maximum atomic E-state index is 12.4. The molecule has 1 aromatic heterocycles. The number of nitrogens with zero attached hydrogens (tertiary/aromatic N) is 1. The molecule has 2 nitrogen and oxygen atoms in total. The molecule has 104 valence electrons.